The lowest BCUT2D eigenvalue weighted by molar-refractivity contribution is 0.149. The lowest BCUT2D eigenvalue weighted by Gasteiger charge is -2.32. The summed E-state index contributed by atoms with van der Waals surface area (Å²) in [4.78, 5) is 2.31. The zero-order chi connectivity index (χ0) is 12.1. The fourth-order valence-corrected chi connectivity index (χ4v) is 2.43. The van der Waals surface area contributed by atoms with E-state index in [1.807, 2.05) is 12.1 Å². The van der Waals surface area contributed by atoms with Gasteiger partial charge in [-0.1, -0.05) is 13.8 Å². The van der Waals surface area contributed by atoms with Gasteiger partial charge in [-0.15, -0.1) is 0 Å². The highest BCUT2D eigenvalue weighted by molar-refractivity contribution is 9.10. The molecule has 1 rings (SSSR count). The molecule has 0 amide bonds. The molecule has 1 heterocycles. The van der Waals surface area contributed by atoms with Crippen LogP contribution < -0.4 is 5.73 Å². The molecule has 1 atom stereocenters. The molecule has 0 radical (unpaired) electrons. The van der Waals surface area contributed by atoms with Crippen LogP contribution in [0.5, 0.6) is 0 Å². The fourth-order valence-electron chi connectivity index (χ4n) is 2.11. The molecule has 4 heteroatoms. The van der Waals surface area contributed by atoms with Crippen molar-refractivity contribution in [3.05, 3.63) is 22.6 Å². The average molecular weight is 289 g/mol. The maximum atomic E-state index is 5.85. The normalized spacial score (nSPS) is 13.7. The minimum absolute atomic E-state index is 0.163. The molecule has 3 nitrogen and oxygen atoms in total. The highest BCUT2D eigenvalue weighted by atomic mass is 79.9. The fraction of sp³-hybridized carbons (Fsp3) is 0.667. The first-order valence-electron chi connectivity index (χ1n) is 5.81. The maximum Gasteiger partial charge on any atom is 0.169 e. The first kappa shape index (κ1) is 13.7. The van der Waals surface area contributed by atoms with Crippen LogP contribution in [0.15, 0.2) is 21.2 Å². The van der Waals surface area contributed by atoms with Gasteiger partial charge in [0, 0.05) is 12.6 Å². The van der Waals surface area contributed by atoms with E-state index in [4.69, 9.17) is 10.2 Å². The van der Waals surface area contributed by atoms with Crippen molar-refractivity contribution in [2.75, 3.05) is 13.6 Å². The van der Waals surface area contributed by atoms with Gasteiger partial charge in [-0.25, -0.2) is 0 Å². The summed E-state index contributed by atoms with van der Waals surface area (Å²) in [6.07, 6.45) is 2.26. The van der Waals surface area contributed by atoms with Crippen LogP contribution in [0.3, 0.4) is 0 Å². The van der Waals surface area contributed by atoms with E-state index >= 15 is 0 Å². The smallest absolute Gasteiger partial charge is 0.169 e. The number of hydrogen-bond donors (Lipinski definition) is 1. The van der Waals surface area contributed by atoms with E-state index in [0.29, 0.717) is 12.6 Å². The second kappa shape index (κ2) is 6.42. The van der Waals surface area contributed by atoms with Crippen LogP contribution in [0.1, 0.15) is 38.5 Å². The molecule has 0 aliphatic rings. The summed E-state index contributed by atoms with van der Waals surface area (Å²) < 4.78 is 6.35. The van der Waals surface area contributed by atoms with Crippen molar-refractivity contribution in [1.82, 2.24) is 4.90 Å². The summed E-state index contributed by atoms with van der Waals surface area (Å²) in [7, 11) is 2.12. The largest absolute Gasteiger partial charge is 0.453 e. The molecule has 1 unspecified atom stereocenters. The van der Waals surface area contributed by atoms with Crippen molar-refractivity contribution >= 4 is 15.9 Å². The van der Waals surface area contributed by atoms with Crippen LogP contribution in [-0.2, 0) is 0 Å². The number of nitrogens with zero attached hydrogens (tertiary/aromatic N) is 1. The van der Waals surface area contributed by atoms with Crippen LogP contribution in [0.2, 0.25) is 0 Å². The van der Waals surface area contributed by atoms with E-state index < -0.39 is 0 Å². The molecule has 1 aromatic heterocycles. The molecule has 0 spiro atoms. The highest BCUT2D eigenvalue weighted by Gasteiger charge is 2.23. The van der Waals surface area contributed by atoms with Gasteiger partial charge in [-0.2, -0.15) is 0 Å². The Kier molecular flexibility index (Phi) is 5.52. The Hall–Kier alpha value is -0.320. The molecular formula is C12H21BrN2O. The van der Waals surface area contributed by atoms with Gasteiger partial charge in [0.05, 0.1) is 6.04 Å². The van der Waals surface area contributed by atoms with Crippen molar-refractivity contribution in [3.8, 4) is 0 Å². The van der Waals surface area contributed by atoms with Crippen molar-refractivity contribution < 1.29 is 4.42 Å². The van der Waals surface area contributed by atoms with Gasteiger partial charge in [-0.05, 0) is 48.0 Å². The zero-order valence-electron chi connectivity index (χ0n) is 10.2. The van der Waals surface area contributed by atoms with Gasteiger partial charge >= 0.3 is 0 Å². The standard InChI is InChI=1S/C12H21BrN2O/c1-4-9(5-2)15(3)10(8-14)11-6-7-12(13)16-11/h6-7,9-10H,4-5,8,14H2,1-3H3. The number of likely N-dealkylation sites (N-methyl/N-ethyl adjacent to an activating group) is 1. The predicted molar refractivity (Wildman–Crippen MR) is 70.3 cm³/mol. The van der Waals surface area contributed by atoms with Crippen molar-refractivity contribution in [2.24, 2.45) is 5.73 Å². The zero-order valence-corrected chi connectivity index (χ0v) is 11.8. The molecule has 92 valence electrons. The van der Waals surface area contributed by atoms with Crippen LogP contribution in [0, 0.1) is 0 Å². The quantitative estimate of drug-likeness (QED) is 0.874. The topological polar surface area (TPSA) is 42.4 Å². The van der Waals surface area contributed by atoms with Gasteiger partial charge in [0.15, 0.2) is 4.67 Å². The number of furan rings is 1. The van der Waals surface area contributed by atoms with Gasteiger partial charge in [0.2, 0.25) is 0 Å². The van der Waals surface area contributed by atoms with Gasteiger partial charge in [-0.3, -0.25) is 4.90 Å². The number of nitrogens with two attached hydrogens (primary N) is 1. The predicted octanol–water partition coefficient (Wildman–Crippen LogP) is 3.16. The molecule has 1 aromatic rings. The molecule has 0 fully saturated rings. The Labute approximate surface area is 106 Å². The second-order valence-corrected chi connectivity index (χ2v) is 4.81. The minimum Gasteiger partial charge on any atom is -0.453 e. The minimum atomic E-state index is 0.163. The van der Waals surface area contributed by atoms with Crippen molar-refractivity contribution in [2.45, 2.75) is 38.8 Å². The molecule has 0 aliphatic heterocycles. The van der Waals surface area contributed by atoms with Crippen LogP contribution >= 0.6 is 15.9 Å². The Morgan fingerprint density at radius 1 is 1.38 bits per heavy atom. The molecule has 16 heavy (non-hydrogen) atoms. The van der Waals surface area contributed by atoms with Crippen LogP contribution in [0.25, 0.3) is 0 Å². The summed E-state index contributed by atoms with van der Waals surface area (Å²) in [5.74, 6) is 0.934. The SMILES string of the molecule is CCC(CC)N(C)C(CN)c1ccc(Br)o1. The molecular weight excluding hydrogens is 268 g/mol. The molecule has 0 saturated heterocycles. The number of hydrogen-bond acceptors (Lipinski definition) is 3. The molecule has 0 aromatic carbocycles. The van der Waals surface area contributed by atoms with E-state index in [1.165, 1.54) is 0 Å². The summed E-state index contributed by atoms with van der Waals surface area (Å²) >= 11 is 3.32. The lowest BCUT2D eigenvalue weighted by atomic mass is 10.1. The maximum absolute atomic E-state index is 5.85. The van der Waals surface area contributed by atoms with E-state index in [9.17, 15) is 0 Å². The van der Waals surface area contributed by atoms with Crippen LogP contribution in [-0.4, -0.2) is 24.5 Å². The third kappa shape index (κ3) is 3.09. The first-order chi connectivity index (χ1) is 7.63. The third-order valence-electron chi connectivity index (χ3n) is 3.16. The molecule has 0 aliphatic carbocycles. The molecule has 0 saturated carbocycles. The van der Waals surface area contributed by atoms with Gasteiger partial charge < -0.3 is 10.2 Å². The van der Waals surface area contributed by atoms with Gasteiger partial charge in [0.25, 0.3) is 0 Å². The second-order valence-electron chi connectivity index (χ2n) is 4.03. The lowest BCUT2D eigenvalue weighted by Crippen LogP contribution is -2.37. The van der Waals surface area contributed by atoms with Crippen LogP contribution in [0.4, 0.5) is 0 Å². The van der Waals surface area contributed by atoms with Crippen molar-refractivity contribution in [3.63, 3.8) is 0 Å². The highest BCUT2D eigenvalue weighted by Crippen LogP contribution is 2.26. The summed E-state index contributed by atoms with van der Waals surface area (Å²) in [5, 5.41) is 0. The van der Waals surface area contributed by atoms with E-state index in [-0.39, 0.29) is 6.04 Å². The van der Waals surface area contributed by atoms with E-state index in [2.05, 4.69) is 41.7 Å². The molecule has 2 N–H and O–H groups in total. The Bertz CT molecular complexity index is 310. The number of halogens is 1. The Balaban J connectivity index is 2.81. The number of rotatable bonds is 6. The van der Waals surface area contributed by atoms with E-state index in [1.54, 1.807) is 0 Å². The molecule has 0 bridgehead atoms. The van der Waals surface area contributed by atoms with E-state index in [0.717, 1.165) is 23.3 Å². The average Bonchev–Trinajstić information content (AvgIpc) is 2.68. The first-order valence-corrected chi connectivity index (χ1v) is 6.60. The monoisotopic (exact) mass is 288 g/mol. The third-order valence-corrected chi connectivity index (χ3v) is 3.58. The Morgan fingerprint density at radius 2 is 2.00 bits per heavy atom. The van der Waals surface area contributed by atoms with Gasteiger partial charge in [0.1, 0.15) is 5.76 Å². The summed E-state index contributed by atoms with van der Waals surface area (Å²) in [5.41, 5.74) is 5.85. The van der Waals surface area contributed by atoms with Crippen molar-refractivity contribution in [1.29, 1.82) is 0 Å². The Morgan fingerprint density at radius 3 is 2.38 bits per heavy atom. The summed E-state index contributed by atoms with van der Waals surface area (Å²) in [6.45, 7) is 4.99. The summed E-state index contributed by atoms with van der Waals surface area (Å²) in [6, 6.07) is 4.62.